The summed E-state index contributed by atoms with van der Waals surface area (Å²) in [7, 11) is 0. The first-order valence-electron chi connectivity index (χ1n) is 4.84. The summed E-state index contributed by atoms with van der Waals surface area (Å²) in [6.45, 7) is 0.212. The van der Waals surface area contributed by atoms with E-state index in [1.54, 1.807) is 0 Å². The molecule has 1 aromatic rings. The molecule has 92 valence electrons. The van der Waals surface area contributed by atoms with E-state index >= 15 is 0 Å². The van der Waals surface area contributed by atoms with Gasteiger partial charge in [0.25, 0.3) is 0 Å². The van der Waals surface area contributed by atoms with Crippen LogP contribution < -0.4 is 4.90 Å². The van der Waals surface area contributed by atoms with E-state index in [0.717, 1.165) is 12.3 Å². The first-order chi connectivity index (χ1) is 7.88. The molecule has 1 saturated heterocycles. The van der Waals surface area contributed by atoms with Gasteiger partial charge in [-0.15, -0.1) is 11.6 Å². The predicted molar refractivity (Wildman–Crippen MR) is 55.9 cm³/mol. The Hall–Kier alpha value is -1.30. The molecule has 1 fully saturated rings. The van der Waals surface area contributed by atoms with E-state index in [1.807, 2.05) is 0 Å². The molecule has 7 heteroatoms. The molecule has 2 rings (SSSR count). The van der Waals surface area contributed by atoms with E-state index in [2.05, 4.69) is 4.98 Å². The number of alkyl halides is 4. The van der Waals surface area contributed by atoms with Crippen molar-refractivity contribution in [1.29, 1.82) is 0 Å². The van der Waals surface area contributed by atoms with Gasteiger partial charge in [0.1, 0.15) is 0 Å². The minimum Gasteiger partial charge on any atom is -0.309 e. The van der Waals surface area contributed by atoms with Crippen molar-refractivity contribution in [3.63, 3.8) is 0 Å². The van der Waals surface area contributed by atoms with E-state index in [-0.39, 0.29) is 29.9 Å². The van der Waals surface area contributed by atoms with E-state index in [1.165, 1.54) is 11.1 Å². The Bertz CT molecular complexity index is 449. The second-order valence-electron chi connectivity index (χ2n) is 3.74. The predicted octanol–water partition coefficient (Wildman–Crippen LogP) is 2.44. The monoisotopic (exact) mass is 264 g/mol. The summed E-state index contributed by atoms with van der Waals surface area (Å²) in [4.78, 5) is 16.2. The molecule has 0 bridgehead atoms. The minimum absolute atomic E-state index is 0.132. The lowest BCUT2D eigenvalue weighted by Gasteiger charge is -2.16. The smallest absolute Gasteiger partial charge is 0.309 e. The summed E-state index contributed by atoms with van der Waals surface area (Å²) in [5.74, 6) is -0.286. The average Bonchev–Trinajstić information content (AvgIpc) is 2.57. The molecule has 1 aliphatic heterocycles. The Morgan fingerprint density at radius 2 is 2.12 bits per heavy atom. The van der Waals surface area contributed by atoms with Crippen molar-refractivity contribution in [2.24, 2.45) is 0 Å². The van der Waals surface area contributed by atoms with Crippen LogP contribution in [0.3, 0.4) is 0 Å². The number of pyridine rings is 1. The summed E-state index contributed by atoms with van der Waals surface area (Å²) < 4.78 is 37.4. The Morgan fingerprint density at radius 1 is 1.41 bits per heavy atom. The Balaban J connectivity index is 2.31. The van der Waals surface area contributed by atoms with Crippen molar-refractivity contribution in [3.05, 3.63) is 24.0 Å². The van der Waals surface area contributed by atoms with Gasteiger partial charge in [-0.25, -0.2) is 0 Å². The molecule has 1 aliphatic rings. The molecule has 0 saturated carbocycles. The van der Waals surface area contributed by atoms with E-state index in [9.17, 15) is 18.0 Å². The maximum Gasteiger partial charge on any atom is 0.417 e. The maximum absolute atomic E-state index is 12.5. The van der Waals surface area contributed by atoms with Gasteiger partial charge in [0.05, 0.1) is 22.8 Å². The second kappa shape index (κ2) is 4.18. The largest absolute Gasteiger partial charge is 0.417 e. The normalized spacial score (nSPS) is 21.1. The fourth-order valence-corrected chi connectivity index (χ4v) is 1.91. The lowest BCUT2D eigenvalue weighted by molar-refractivity contribution is -0.137. The number of hydrogen-bond acceptors (Lipinski definition) is 2. The van der Waals surface area contributed by atoms with E-state index in [4.69, 9.17) is 11.6 Å². The molecular formula is C10H8ClF3N2O. The van der Waals surface area contributed by atoms with Gasteiger partial charge in [0.15, 0.2) is 0 Å². The first kappa shape index (κ1) is 12.2. The molecule has 1 aromatic heterocycles. The molecule has 0 aromatic carbocycles. The quantitative estimate of drug-likeness (QED) is 0.730. The number of carbonyl (C=O) groups is 1. The van der Waals surface area contributed by atoms with Crippen LogP contribution in [0, 0.1) is 0 Å². The van der Waals surface area contributed by atoms with Crippen molar-refractivity contribution >= 4 is 23.2 Å². The van der Waals surface area contributed by atoms with Crippen LogP contribution in [0.25, 0.3) is 0 Å². The standard InChI is InChI=1S/C10H8ClF3N2O/c11-7-2-9(17)16(5-7)8-1-6(3-15-4-8)10(12,13)14/h1,3-4,7H,2,5H2. The van der Waals surface area contributed by atoms with Crippen LogP contribution in [0.5, 0.6) is 0 Å². The van der Waals surface area contributed by atoms with Gasteiger partial charge >= 0.3 is 6.18 Å². The third kappa shape index (κ3) is 2.52. The van der Waals surface area contributed by atoms with Gasteiger partial charge in [0.2, 0.25) is 5.91 Å². The zero-order valence-electron chi connectivity index (χ0n) is 8.54. The van der Waals surface area contributed by atoms with Crippen molar-refractivity contribution in [2.45, 2.75) is 18.0 Å². The number of amides is 1. The van der Waals surface area contributed by atoms with Crippen LogP contribution in [0.15, 0.2) is 18.5 Å². The zero-order chi connectivity index (χ0) is 12.6. The fraction of sp³-hybridized carbons (Fsp3) is 0.400. The van der Waals surface area contributed by atoms with Crippen LogP contribution in [-0.4, -0.2) is 22.8 Å². The molecule has 0 radical (unpaired) electrons. The summed E-state index contributed by atoms with van der Waals surface area (Å²) in [5.41, 5.74) is -0.742. The zero-order valence-corrected chi connectivity index (χ0v) is 9.29. The number of carbonyl (C=O) groups excluding carboxylic acids is 1. The third-order valence-corrected chi connectivity index (χ3v) is 2.73. The highest BCUT2D eigenvalue weighted by atomic mass is 35.5. The average molecular weight is 265 g/mol. The first-order valence-corrected chi connectivity index (χ1v) is 5.28. The topological polar surface area (TPSA) is 33.2 Å². The number of aromatic nitrogens is 1. The van der Waals surface area contributed by atoms with Crippen LogP contribution in [0.2, 0.25) is 0 Å². The van der Waals surface area contributed by atoms with E-state index in [0.29, 0.717) is 0 Å². The van der Waals surface area contributed by atoms with Crippen molar-refractivity contribution in [2.75, 3.05) is 11.4 Å². The number of nitrogens with zero attached hydrogens (tertiary/aromatic N) is 2. The fourth-order valence-electron chi connectivity index (χ4n) is 1.64. The number of rotatable bonds is 1. The lowest BCUT2D eigenvalue weighted by Crippen LogP contribution is -2.25. The molecule has 1 atom stereocenters. The number of anilines is 1. The SMILES string of the molecule is O=C1CC(Cl)CN1c1cncc(C(F)(F)F)c1. The molecule has 1 unspecified atom stereocenters. The third-order valence-electron chi connectivity index (χ3n) is 2.44. The molecular weight excluding hydrogens is 257 g/mol. The van der Waals surface area contributed by atoms with Gasteiger partial charge in [-0.3, -0.25) is 9.78 Å². The molecule has 2 heterocycles. The Kier molecular flexibility index (Phi) is 2.99. The van der Waals surface area contributed by atoms with Gasteiger partial charge in [-0.1, -0.05) is 0 Å². The van der Waals surface area contributed by atoms with Crippen molar-refractivity contribution in [1.82, 2.24) is 4.98 Å². The van der Waals surface area contributed by atoms with Crippen molar-refractivity contribution < 1.29 is 18.0 Å². The minimum atomic E-state index is -4.47. The second-order valence-corrected chi connectivity index (χ2v) is 4.35. The summed E-state index contributed by atoms with van der Waals surface area (Å²) >= 11 is 5.78. The summed E-state index contributed by atoms with van der Waals surface area (Å²) in [6, 6.07) is 0.903. The van der Waals surface area contributed by atoms with Crippen LogP contribution in [0.4, 0.5) is 18.9 Å². The molecule has 0 aliphatic carbocycles. The van der Waals surface area contributed by atoms with E-state index < -0.39 is 11.7 Å². The van der Waals surface area contributed by atoms with Gasteiger partial charge in [-0.2, -0.15) is 13.2 Å². The lowest BCUT2D eigenvalue weighted by atomic mass is 10.2. The molecule has 17 heavy (non-hydrogen) atoms. The van der Waals surface area contributed by atoms with Crippen LogP contribution in [-0.2, 0) is 11.0 Å². The van der Waals surface area contributed by atoms with Crippen molar-refractivity contribution in [3.8, 4) is 0 Å². The number of hydrogen-bond donors (Lipinski definition) is 0. The summed E-state index contributed by atoms with van der Waals surface area (Å²) in [6.07, 6.45) is -2.38. The highest BCUT2D eigenvalue weighted by Gasteiger charge is 2.34. The Labute approximate surface area is 100 Å². The maximum atomic E-state index is 12.5. The van der Waals surface area contributed by atoms with Gasteiger partial charge < -0.3 is 4.90 Å². The molecule has 0 spiro atoms. The molecule has 3 nitrogen and oxygen atoms in total. The molecule has 0 N–H and O–H groups in total. The molecule has 1 amide bonds. The highest BCUT2D eigenvalue weighted by Crippen LogP contribution is 2.32. The van der Waals surface area contributed by atoms with Crippen LogP contribution >= 0.6 is 11.6 Å². The van der Waals surface area contributed by atoms with Gasteiger partial charge in [0, 0.05) is 19.2 Å². The highest BCUT2D eigenvalue weighted by molar-refractivity contribution is 6.24. The number of halogens is 4. The van der Waals surface area contributed by atoms with Gasteiger partial charge in [-0.05, 0) is 6.07 Å². The Morgan fingerprint density at radius 3 is 2.65 bits per heavy atom. The summed E-state index contributed by atoms with van der Waals surface area (Å²) in [5, 5.41) is -0.364. The van der Waals surface area contributed by atoms with Crippen LogP contribution in [0.1, 0.15) is 12.0 Å².